The normalized spacial score (nSPS) is 14.7. The molecule has 1 aliphatic heterocycles. The first-order valence-corrected chi connectivity index (χ1v) is 10.2. The number of nitrogens with one attached hydrogen (secondary N) is 1. The molecule has 31 heavy (non-hydrogen) atoms. The molecule has 1 aromatic heterocycles. The number of halogens is 1. The van der Waals surface area contributed by atoms with E-state index >= 15 is 0 Å². The average molecular weight is 543 g/mol. The van der Waals surface area contributed by atoms with Crippen LogP contribution in [0.3, 0.4) is 0 Å². The Balaban J connectivity index is 0.00000341. The van der Waals surface area contributed by atoms with Crippen molar-refractivity contribution in [2.24, 2.45) is 12.0 Å². The molecule has 8 nitrogen and oxygen atoms in total. The summed E-state index contributed by atoms with van der Waals surface area (Å²) < 4.78 is 18.4. The summed E-state index contributed by atoms with van der Waals surface area (Å²) >= 11 is 0. The fourth-order valence-corrected chi connectivity index (χ4v) is 3.78. The van der Waals surface area contributed by atoms with Gasteiger partial charge in [0.1, 0.15) is 0 Å². The van der Waals surface area contributed by atoms with Crippen molar-refractivity contribution in [3.05, 3.63) is 41.7 Å². The van der Waals surface area contributed by atoms with Gasteiger partial charge in [0.2, 0.25) is 5.75 Å². The summed E-state index contributed by atoms with van der Waals surface area (Å²) in [6, 6.07) is 6.16. The maximum absolute atomic E-state index is 5.48. The SMILES string of the molecule is CN=C(NCc1ccn(C)c1)N1CCN(Cc2cc(OC)c(OC)c(OC)c2)CC1.I. The standard InChI is InChI=1S/C22H33N5O3.HI/c1-23-22(24-14-17-6-7-25(2)15-17)27-10-8-26(9-11-27)16-18-12-19(28-3)21(30-5)20(13-18)29-4;/h6-7,12-13,15H,8-11,14,16H2,1-5H3,(H,23,24);1H. The zero-order valence-corrected chi connectivity index (χ0v) is 21.4. The molecule has 172 valence electrons. The molecule has 1 fully saturated rings. The number of benzene rings is 1. The van der Waals surface area contributed by atoms with Crippen molar-refractivity contribution in [1.82, 2.24) is 19.7 Å². The molecular weight excluding hydrogens is 509 g/mol. The number of aliphatic imine (C=N–C) groups is 1. The lowest BCUT2D eigenvalue weighted by molar-refractivity contribution is 0.172. The van der Waals surface area contributed by atoms with E-state index in [1.807, 2.05) is 26.2 Å². The lowest BCUT2D eigenvalue weighted by atomic mass is 10.1. The van der Waals surface area contributed by atoms with Crippen LogP contribution in [0.5, 0.6) is 17.2 Å². The van der Waals surface area contributed by atoms with E-state index in [2.05, 4.69) is 43.1 Å². The monoisotopic (exact) mass is 543 g/mol. The molecule has 0 unspecified atom stereocenters. The molecule has 2 aromatic rings. The van der Waals surface area contributed by atoms with Crippen LogP contribution in [0.2, 0.25) is 0 Å². The molecule has 1 aliphatic rings. The average Bonchev–Trinajstić information content (AvgIpc) is 3.19. The van der Waals surface area contributed by atoms with E-state index < -0.39 is 0 Å². The fraction of sp³-hybridized carbons (Fsp3) is 0.500. The van der Waals surface area contributed by atoms with E-state index in [4.69, 9.17) is 14.2 Å². The molecule has 1 saturated heterocycles. The minimum absolute atomic E-state index is 0. The third kappa shape index (κ3) is 6.42. The van der Waals surface area contributed by atoms with Gasteiger partial charge in [-0.15, -0.1) is 24.0 Å². The van der Waals surface area contributed by atoms with Crippen molar-refractivity contribution in [2.75, 3.05) is 54.6 Å². The number of piperazine rings is 1. The molecule has 2 heterocycles. The fourth-order valence-electron chi connectivity index (χ4n) is 3.78. The molecular formula is C22H34IN5O3. The van der Waals surface area contributed by atoms with E-state index in [9.17, 15) is 0 Å². The minimum Gasteiger partial charge on any atom is -0.493 e. The zero-order valence-electron chi connectivity index (χ0n) is 19.1. The van der Waals surface area contributed by atoms with Gasteiger partial charge in [-0.25, -0.2) is 0 Å². The molecule has 0 bridgehead atoms. The van der Waals surface area contributed by atoms with Gasteiger partial charge in [-0.1, -0.05) is 0 Å². The predicted molar refractivity (Wildman–Crippen MR) is 134 cm³/mol. The highest BCUT2D eigenvalue weighted by atomic mass is 127. The smallest absolute Gasteiger partial charge is 0.203 e. The van der Waals surface area contributed by atoms with Crippen LogP contribution in [0.1, 0.15) is 11.1 Å². The molecule has 0 radical (unpaired) electrons. The van der Waals surface area contributed by atoms with Crippen molar-refractivity contribution in [1.29, 1.82) is 0 Å². The highest BCUT2D eigenvalue weighted by Gasteiger charge is 2.21. The molecule has 0 aliphatic carbocycles. The highest BCUT2D eigenvalue weighted by Crippen LogP contribution is 2.38. The Kier molecular flexibility index (Phi) is 9.76. The molecule has 1 N–H and O–H groups in total. The summed E-state index contributed by atoms with van der Waals surface area (Å²) in [5, 5.41) is 3.47. The van der Waals surface area contributed by atoms with E-state index in [1.54, 1.807) is 21.3 Å². The van der Waals surface area contributed by atoms with Gasteiger partial charge in [0, 0.05) is 65.8 Å². The Morgan fingerprint density at radius 1 is 1.00 bits per heavy atom. The van der Waals surface area contributed by atoms with Crippen LogP contribution in [0.15, 0.2) is 35.6 Å². The molecule has 0 amide bonds. The van der Waals surface area contributed by atoms with Crippen LogP contribution >= 0.6 is 24.0 Å². The van der Waals surface area contributed by atoms with Crippen molar-refractivity contribution in [2.45, 2.75) is 13.1 Å². The van der Waals surface area contributed by atoms with E-state index in [0.29, 0.717) is 17.2 Å². The first-order chi connectivity index (χ1) is 14.6. The van der Waals surface area contributed by atoms with Crippen LogP contribution in [-0.4, -0.2) is 74.9 Å². The van der Waals surface area contributed by atoms with Crippen LogP contribution < -0.4 is 19.5 Å². The van der Waals surface area contributed by atoms with Gasteiger partial charge >= 0.3 is 0 Å². The Morgan fingerprint density at radius 2 is 1.65 bits per heavy atom. The van der Waals surface area contributed by atoms with E-state index in [-0.39, 0.29) is 24.0 Å². The molecule has 0 saturated carbocycles. The summed E-state index contributed by atoms with van der Waals surface area (Å²) in [6.45, 7) is 5.39. The molecule has 0 atom stereocenters. The van der Waals surface area contributed by atoms with Gasteiger partial charge in [-0.05, 0) is 29.3 Å². The zero-order chi connectivity index (χ0) is 21.5. The van der Waals surface area contributed by atoms with Crippen LogP contribution in [0, 0.1) is 0 Å². The number of guanidine groups is 1. The summed E-state index contributed by atoms with van der Waals surface area (Å²) in [5.41, 5.74) is 2.39. The molecule has 9 heteroatoms. The second kappa shape index (κ2) is 12.0. The Labute approximate surface area is 202 Å². The lowest BCUT2D eigenvalue weighted by Crippen LogP contribution is -2.52. The second-order valence-electron chi connectivity index (χ2n) is 7.38. The third-order valence-electron chi connectivity index (χ3n) is 5.36. The van der Waals surface area contributed by atoms with E-state index in [0.717, 1.165) is 50.8 Å². The molecule has 3 rings (SSSR count). The van der Waals surface area contributed by atoms with Crippen molar-refractivity contribution >= 4 is 29.9 Å². The van der Waals surface area contributed by atoms with Crippen LogP contribution in [0.4, 0.5) is 0 Å². The first-order valence-electron chi connectivity index (χ1n) is 10.2. The largest absolute Gasteiger partial charge is 0.493 e. The van der Waals surface area contributed by atoms with Crippen LogP contribution in [-0.2, 0) is 20.1 Å². The quantitative estimate of drug-likeness (QED) is 0.329. The summed E-state index contributed by atoms with van der Waals surface area (Å²) in [5.74, 6) is 2.96. The number of aryl methyl sites for hydroxylation is 1. The second-order valence-corrected chi connectivity index (χ2v) is 7.38. The van der Waals surface area contributed by atoms with Gasteiger partial charge < -0.3 is 29.0 Å². The predicted octanol–water partition coefficient (Wildman–Crippen LogP) is 2.56. The number of ether oxygens (including phenoxy) is 3. The van der Waals surface area contributed by atoms with Crippen molar-refractivity contribution in [3.8, 4) is 17.2 Å². The topological polar surface area (TPSA) is 63.5 Å². The van der Waals surface area contributed by atoms with Gasteiger partial charge in [0.25, 0.3) is 0 Å². The Morgan fingerprint density at radius 3 is 2.13 bits per heavy atom. The number of nitrogens with zero attached hydrogens (tertiary/aromatic N) is 4. The van der Waals surface area contributed by atoms with Gasteiger partial charge in [0.15, 0.2) is 17.5 Å². The number of hydrogen-bond donors (Lipinski definition) is 1. The number of methoxy groups -OCH3 is 3. The van der Waals surface area contributed by atoms with Crippen LogP contribution in [0.25, 0.3) is 0 Å². The molecule has 1 aromatic carbocycles. The number of aromatic nitrogens is 1. The summed E-state index contributed by atoms with van der Waals surface area (Å²) in [4.78, 5) is 9.21. The summed E-state index contributed by atoms with van der Waals surface area (Å²) in [6.07, 6.45) is 4.18. The van der Waals surface area contributed by atoms with Crippen molar-refractivity contribution < 1.29 is 14.2 Å². The maximum Gasteiger partial charge on any atom is 0.203 e. The van der Waals surface area contributed by atoms with Crippen molar-refractivity contribution in [3.63, 3.8) is 0 Å². The summed E-state index contributed by atoms with van der Waals surface area (Å²) in [7, 11) is 8.79. The van der Waals surface area contributed by atoms with Gasteiger partial charge in [-0.2, -0.15) is 0 Å². The highest BCUT2D eigenvalue weighted by molar-refractivity contribution is 14.0. The lowest BCUT2D eigenvalue weighted by Gasteiger charge is -2.36. The van der Waals surface area contributed by atoms with Gasteiger partial charge in [-0.3, -0.25) is 9.89 Å². The maximum atomic E-state index is 5.48. The third-order valence-corrected chi connectivity index (χ3v) is 5.36. The van der Waals surface area contributed by atoms with Gasteiger partial charge in [0.05, 0.1) is 21.3 Å². The van der Waals surface area contributed by atoms with E-state index in [1.165, 1.54) is 5.56 Å². The Hall–Kier alpha value is -2.14. The Bertz CT molecular complexity index is 838. The molecule has 0 spiro atoms. The number of hydrogen-bond acceptors (Lipinski definition) is 5. The minimum atomic E-state index is 0. The number of rotatable bonds is 7. The first kappa shape index (κ1) is 25.1.